The minimum absolute atomic E-state index is 0. The van der Waals surface area contributed by atoms with Crippen molar-refractivity contribution in [2.45, 2.75) is 78.4 Å². The molecule has 0 bridgehead atoms. The number of hydrogen-bond donors (Lipinski definition) is 3. The van der Waals surface area contributed by atoms with Gasteiger partial charge >= 0.3 is 6.09 Å². The highest BCUT2D eigenvalue weighted by Crippen LogP contribution is 2.07. The SMILES string of the molecule is CCCCC(CNC(=O)OC(C)(C)C)NC(=NCCCCN1CCOCC1)NCC.I. The number of ether oxygens (including phenoxy) is 2. The van der Waals surface area contributed by atoms with Crippen LogP contribution in [-0.4, -0.2) is 81.1 Å². The Hall–Kier alpha value is -0.810. The van der Waals surface area contributed by atoms with Crippen LogP contribution in [-0.2, 0) is 9.47 Å². The molecule has 1 heterocycles. The number of aliphatic imine (C=N–C) groups is 1. The van der Waals surface area contributed by atoms with Crippen LogP contribution in [0, 0.1) is 0 Å². The minimum atomic E-state index is -0.492. The zero-order chi connectivity index (χ0) is 22.2. The summed E-state index contributed by atoms with van der Waals surface area (Å²) in [5.74, 6) is 0.816. The molecule has 1 rings (SSSR count). The summed E-state index contributed by atoms with van der Waals surface area (Å²) in [7, 11) is 0. The first-order chi connectivity index (χ1) is 14.3. The number of carbonyl (C=O) groups excluding carboxylic acids is 1. The molecule has 3 N–H and O–H groups in total. The summed E-state index contributed by atoms with van der Waals surface area (Å²) < 4.78 is 10.7. The van der Waals surface area contributed by atoms with Gasteiger partial charge in [0.05, 0.1) is 13.2 Å². The summed E-state index contributed by atoms with van der Waals surface area (Å²) in [5, 5.41) is 9.70. The molecule has 31 heavy (non-hydrogen) atoms. The zero-order valence-corrected chi connectivity index (χ0v) is 22.6. The molecule has 0 radical (unpaired) electrons. The number of hydrogen-bond acceptors (Lipinski definition) is 5. The molecule has 1 unspecified atom stereocenters. The number of rotatable bonds is 12. The smallest absolute Gasteiger partial charge is 0.407 e. The molecule has 0 aromatic carbocycles. The summed E-state index contributed by atoms with van der Waals surface area (Å²) in [6, 6.07) is 0.114. The van der Waals surface area contributed by atoms with E-state index in [-0.39, 0.29) is 36.1 Å². The number of nitrogens with zero attached hydrogens (tertiary/aromatic N) is 2. The minimum Gasteiger partial charge on any atom is -0.444 e. The number of amides is 1. The summed E-state index contributed by atoms with van der Waals surface area (Å²) in [5.41, 5.74) is -0.492. The lowest BCUT2D eigenvalue weighted by Gasteiger charge is -2.26. The number of morpholine rings is 1. The predicted molar refractivity (Wildman–Crippen MR) is 139 cm³/mol. The Morgan fingerprint density at radius 1 is 1.13 bits per heavy atom. The van der Waals surface area contributed by atoms with Gasteiger partial charge in [-0.25, -0.2) is 4.79 Å². The molecule has 0 spiro atoms. The third-order valence-electron chi connectivity index (χ3n) is 4.74. The monoisotopic (exact) mass is 555 g/mol. The topological polar surface area (TPSA) is 87.2 Å². The van der Waals surface area contributed by atoms with Gasteiger partial charge in [-0.05, 0) is 53.5 Å². The predicted octanol–water partition coefficient (Wildman–Crippen LogP) is 3.36. The Balaban J connectivity index is 0.00000900. The lowest BCUT2D eigenvalue weighted by Crippen LogP contribution is -2.49. The Labute approximate surface area is 206 Å². The second kappa shape index (κ2) is 17.7. The van der Waals surface area contributed by atoms with E-state index in [1.807, 2.05) is 20.8 Å². The first-order valence-electron chi connectivity index (χ1n) is 11.7. The van der Waals surface area contributed by atoms with Gasteiger partial charge < -0.3 is 25.4 Å². The van der Waals surface area contributed by atoms with Crippen LogP contribution in [0.5, 0.6) is 0 Å². The Morgan fingerprint density at radius 3 is 2.45 bits per heavy atom. The largest absolute Gasteiger partial charge is 0.444 e. The van der Waals surface area contributed by atoms with Gasteiger partial charge in [-0.2, -0.15) is 0 Å². The summed E-state index contributed by atoms with van der Waals surface area (Å²) >= 11 is 0. The maximum absolute atomic E-state index is 12.0. The lowest BCUT2D eigenvalue weighted by atomic mass is 10.1. The average Bonchev–Trinajstić information content (AvgIpc) is 2.69. The van der Waals surface area contributed by atoms with Crippen molar-refractivity contribution in [3.63, 3.8) is 0 Å². The van der Waals surface area contributed by atoms with Gasteiger partial charge in [0.25, 0.3) is 0 Å². The molecule has 1 atom stereocenters. The van der Waals surface area contributed by atoms with Crippen molar-refractivity contribution in [2.24, 2.45) is 4.99 Å². The molecule has 0 aliphatic carbocycles. The Bertz CT molecular complexity index is 494. The fourth-order valence-electron chi connectivity index (χ4n) is 3.17. The third kappa shape index (κ3) is 16.5. The highest BCUT2D eigenvalue weighted by Gasteiger charge is 2.18. The van der Waals surface area contributed by atoms with Crippen molar-refractivity contribution >= 4 is 36.0 Å². The fourth-order valence-corrected chi connectivity index (χ4v) is 3.17. The van der Waals surface area contributed by atoms with Gasteiger partial charge in [-0.1, -0.05) is 19.8 Å². The molecule has 1 aliphatic rings. The Kier molecular flexibility index (Phi) is 17.2. The first kappa shape index (κ1) is 30.2. The van der Waals surface area contributed by atoms with Crippen molar-refractivity contribution in [3.8, 4) is 0 Å². The van der Waals surface area contributed by atoms with Crippen LogP contribution in [0.15, 0.2) is 4.99 Å². The van der Waals surface area contributed by atoms with Gasteiger partial charge in [-0.15, -0.1) is 24.0 Å². The van der Waals surface area contributed by atoms with Crippen molar-refractivity contribution in [3.05, 3.63) is 0 Å². The molecule has 1 amide bonds. The number of nitrogens with one attached hydrogen (secondary N) is 3. The number of unbranched alkanes of at least 4 members (excludes halogenated alkanes) is 2. The molecule has 8 nitrogen and oxygen atoms in total. The number of halogens is 1. The number of guanidine groups is 1. The van der Waals surface area contributed by atoms with Crippen molar-refractivity contribution < 1.29 is 14.3 Å². The highest BCUT2D eigenvalue weighted by molar-refractivity contribution is 14.0. The highest BCUT2D eigenvalue weighted by atomic mass is 127. The van der Waals surface area contributed by atoms with Crippen molar-refractivity contribution in [2.75, 3.05) is 52.5 Å². The van der Waals surface area contributed by atoms with E-state index in [0.717, 1.165) is 84.0 Å². The van der Waals surface area contributed by atoms with E-state index >= 15 is 0 Å². The maximum atomic E-state index is 12.0. The van der Waals surface area contributed by atoms with Crippen LogP contribution in [0.3, 0.4) is 0 Å². The van der Waals surface area contributed by atoms with Crippen LogP contribution in [0.1, 0.15) is 66.7 Å². The average molecular weight is 556 g/mol. The van der Waals surface area contributed by atoms with Crippen LogP contribution < -0.4 is 16.0 Å². The van der Waals surface area contributed by atoms with Crippen LogP contribution in [0.4, 0.5) is 4.79 Å². The van der Waals surface area contributed by atoms with Gasteiger partial charge in [0, 0.05) is 38.8 Å². The molecule has 1 saturated heterocycles. The van der Waals surface area contributed by atoms with Gasteiger partial charge in [0.2, 0.25) is 0 Å². The third-order valence-corrected chi connectivity index (χ3v) is 4.74. The van der Waals surface area contributed by atoms with Crippen LogP contribution in [0.2, 0.25) is 0 Å². The quantitative estimate of drug-likeness (QED) is 0.148. The van der Waals surface area contributed by atoms with E-state index in [4.69, 9.17) is 14.5 Å². The molecule has 9 heteroatoms. The molecular formula is C22H46IN5O3. The molecule has 1 aliphatic heterocycles. The molecule has 0 aromatic rings. The summed E-state index contributed by atoms with van der Waals surface area (Å²) in [4.78, 5) is 19.2. The normalized spacial score (nSPS) is 16.2. The number of carbonyl (C=O) groups is 1. The van der Waals surface area contributed by atoms with E-state index in [9.17, 15) is 4.79 Å². The zero-order valence-electron chi connectivity index (χ0n) is 20.3. The van der Waals surface area contributed by atoms with Crippen molar-refractivity contribution in [1.29, 1.82) is 0 Å². The van der Waals surface area contributed by atoms with E-state index in [2.05, 4.69) is 34.7 Å². The van der Waals surface area contributed by atoms with E-state index in [1.165, 1.54) is 0 Å². The van der Waals surface area contributed by atoms with E-state index in [1.54, 1.807) is 0 Å². The second-order valence-corrected chi connectivity index (χ2v) is 8.79. The molecule has 0 aromatic heterocycles. The van der Waals surface area contributed by atoms with Crippen LogP contribution >= 0.6 is 24.0 Å². The Morgan fingerprint density at radius 2 is 1.84 bits per heavy atom. The fraction of sp³-hybridized carbons (Fsp3) is 0.909. The van der Waals surface area contributed by atoms with Gasteiger partial charge in [-0.3, -0.25) is 9.89 Å². The lowest BCUT2D eigenvalue weighted by molar-refractivity contribution is 0.0373. The van der Waals surface area contributed by atoms with E-state index < -0.39 is 5.60 Å². The molecular weight excluding hydrogens is 509 g/mol. The van der Waals surface area contributed by atoms with Crippen LogP contribution in [0.25, 0.3) is 0 Å². The second-order valence-electron chi connectivity index (χ2n) is 8.79. The molecule has 1 fully saturated rings. The van der Waals surface area contributed by atoms with Gasteiger partial charge in [0.1, 0.15) is 5.60 Å². The summed E-state index contributed by atoms with van der Waals surface area (Å²) in [6.45, 7) is 16.8. The molecule has 0 saturated carbocycles. The van der Waals surface area contributed by atoms with E-state index in [0.29, 0.717) is 6.54 Å². The van der Waals surface area contributed by atoms with Gasteiger partial charge in [0.15, 0.2) is 5.96 Å². The maximum Gasteiger partial charge on any atom is 0.407 e. The standard InChI is InChI=1S/C22H45N5O3.HI/c1-6-8-11-19(18-25-21(28)30-22(3,4)5)26-20(23-7-2)24-12-9-10-13-27-14-16-29-17-15-27;/h19H,6-18H2,1-5H3,(H,25,28)(H2,23,24,26);1H. The first-order valence-corrected chi connectivity index (χ1v) is 11.7. The summed E-state index contributed by atoms with van der Waals surface area (Å²) in [6.07, 6.45) is 4.99. The van der Waals surface area contributed by atoms with Crippen molar-refractivity contribution in [1.82, 2.24) is 20.9 Å². The number of alkyl carbamates (subject to hydrolysis) is 1. The molecule has 184 valence electrons.